The molecule has 2 heterocycles. The summed E-state index contributed by atoms with van der Waals surface area (Å²) in [5, 5.41) is 11.0. The third kappa shape index (κ3) is 3.19. The zero-order chi connectivity index (χ0) is 17.3. The first-order valence-electron chi connectivity index (χ1n) is 7.66. The molecule has 7 heteroatoms. The van der Waals surface area contributed by atoms with Crippen molar-refractivity contribution in [3.63, 3.8) is 0 Å². The monoisotopic (exact) mass is 325 g/mol. The predicted octanol–water partition coefficient (Wildman–Crippen LogP) is 2.58. The molecule has 0 saturated heterocycles. The molecule has 1 atom stereocenters. The average Bonchev–Trinajstić information content (AvgIpc) is 3.14. The number of rotatable bonds is 4. The fourth-order valence-corrected chi connectivity index (χ4v) is 2.47. The highest BCUT2D eigenvalue weighted by Crippen LogP contribution is 2.19. The summed E-state index contributed by atoms with van der Waals surface area (Å²) >= 11 is 0. The van der Waals surface area contributed by atoms with Crippen LogP contribution in [0.2, 0.25) is 0 Å². The van der Waals surface area contributed by atoms with Gasteiger partial charge < -0.3 is 9.84 Å². The van der Waals surface area contributed by atoms with Gasteiger partial charge in [-0.15, -0.1) is 0 Å². The second-order valence-corrected chi connectivity index (χ2v) is 5.82. The lowest BCUT2D eigenvalue weighted by atomic mass is 10.1. The van der Waals surface area contributed by atoms with Crippen molar-refractivity contribution in [1.82, 2.24) is 25.2 Å². The minimum Gasteiger partial charge on any atom is -0.339 e. The lowest BCUT2D eigenvalue weighted by Crippen LogP contribution is -2.28. The Bertz CT molecular complexity index is 881. The first kappa shape index (κ1) is 15.9. The fraction of sp³-hybridized carbons (Fsp3) is 0.294. The molecule has 0 fully saturated rings. The van der Waals surface area contributed by atoms with Crippen LogP contribution >= 0.6 is 0 Å². The van der Waals surface area contributed by atoms with Crippen LogP contribution in [0.15, 0.2) is 34.9 Å². The number of carbonyl (C=O) groups is 1. The van der Waals surface area contributed by atoms with Crippen LogP contribution < -0.4 is 5.32 Å². The zero-order valence-corrected chi connectivity index (χ0v) is 14.1. The van der Waals surface area contributed by atoms with Gasteiger partial charge in [-0.3, -0.25) is 9.48 Å². The Labute approximate surface area is 139 Å². The third-order valence-electron chi connectivity index (χ3n) is 3.67. The Morgan fingerprint density at radius 3 is 2.75 bits per heavy atom. The van der Waals surface area contributed by atoms with Gasteiger partial charge in [-0.2, -0.15) is 10.1 Å². The summed E-state index contributed by atoms with van der Waals surface area (Å²) in [5.41, 5.74) is 3.27. The number of nitrogens with one attached hydrogen (secondary N) is 1. The van der Waals surface area contributed by atoms with E-state index in [9.17, 15) is 4.79 Å². The quantitative estimate of drug-likeness (QED) is 0.797. The van der Waals surface area contributed by atoms with Crippen molar-refractivity contribution in [2.75, 3.05) is 0 Å². The smallest absolute Gasteiger partial charge is 0.270 e. The van der Waals surface area contributed by atoms with Crippen molar-refractivity contribution in [3.8, 4) is 11.4 Å². The summed E-state index contributed by atoms with van der Waals surface area (Å²) in [4.78, 5) is 16.7. The molecular formula is C17H19N5O2. The molecule has 7 nitrogen and oxygen atoms in total. The number of hydrogen-bond acceptors (Lipinski definition) is 5. The fourth-order valence-electron chi connectivity index (χ4n) is 2.47. The van der Waals surface area contributed by atoms with Crippen LogP contribution in [0.5, 0.6) is 0 Å². The first-order chi connectivity index (χ1) is 11.4. The van der Waals surface area contributed by atoms with Gasteiger partial charge in [-0.05, 0) is 32.9 Å². The van der Waals surface area contributed by atoms with Crippen LogP contribution in [0.3, 0.4) is 0 Å². The molecule has 124 valence electrons. The van der Waals surface area contributed by atoms with E-state index in [1.54, 1.807) is 24.7 Å². The molecule has 0 unspecified atom stereocenters. The number of nitrogens with zero attached hydrogens (tertiary/aromatic N) is 4. The van der Waals surface area contributed by atoms with Crippen molar-refractivity contribution in [3.05, 3.63) is 53.2 Å². The maximum atomic E-state index is 12.3. The summed E-state index contributed by atoms with van der Waals surface area (Å²) in [5.74, 6) is 0.630. The van der Waals surface area contributed by atoms with E-state index < -0.39 is 6.04 Å². The number of carbonyl (C=O) groups excluding carboxylic acids is 1. The highest BCUT2D eigenvalue weighted by Gasteiger charge is 2.20. The highest BCUT2D eigenvalue weighted by molar-refractivity contribution is 5.92. The van der Waals surface area contributed by atoms with E-state index in [2.05, 4.69) is 20.6 Å². The highest BCUT2D eigenvalue weighted by atomic mass is 16.5. The van der Waals surface area contributed by atoms with Crippen molar-refractivity contribution < 1.29 is 9.32 Å². The Hall–Kier alpha value is -2.96. The molecule has 0 bridgehead atoms. The van der Waals surface area contributed by atoms with Crippen molar-refractivity contribution in [2.24, 2.45) is 7.05 Å². The lowest BCUT2D eigenvalue weighted by Gasteiger charge is -2.09. The molecular weight excluding hydrogens is 306 g/mol. The molecule has 3 aromatic rings. The van der Waals surface area contributed by atoms with Gasteiger partial charge in [-0.1, -0.05) is 28.9 Å². The van der Waals surface area contributed by atoms with Crippen molar-refractivity contribution in [1.29, 1.82) is 0 Å². The topological polar surface area (TPSA) is 85.8 Å². The van der Waals surface area contributed by atoms with Gasteiger partial charge in [0.1, 0.15) is 11.7 Å². The van der Waals surface area contributed by atoms with Gasteiger partial charge in [0.05, 0.1) is 5.69 Å². The Morgan fingerprint density at radius 1 is 1.29 bits per heavy atom. The van der Waals surface area contributed by atoms with Crippen LogP contribution in [-0.4, -0.2) is 25.8 Å². The Morgan fingerprint density at radius 2 is 2.08 bits per heavy atom. The average molecular weight is 325 g/mol. The number of amides is 1. The van der Waals surface area contributed by atoms with E-state index in [0.29, 0.717) is 17.4 Å². The van der Waals surface area contributed by atoms with Gasteiger partial charge >= 0.3 is 0 Å². The molecule has 0 aliphatic rings. The molecule has 1 amide bonds. The second-order valence-electron chi connectivity index (χ2n) is 5.82. The Balaban J connectivity index is 1.75. The van der Waals surface area contributed by atoms with E-state index in [1.165, 1.54) is 0 Å². The van der Waals surface area contributed by atoms with Crippen LogP contribution in [0, 0.1) is 13.8 Å². The number of hydrogen-bond donors (Lipinski definition) is 1. The van der Waals surface area contributed by atoms with Gasteiger partial charge in [0.2, 0.25) is 11.7 Å². The molecule has 0 aliphatic carbocycles. The van der Waals surface area contributed by atoms with Gasteiger partial charge in [0.15, 0.2) is 0 Å². The third-order valence-corrected chi connectivity index (χ3v) is 3.67. The maximum Gasteiger partial charge on any atom is 0.270 e. The van der Waals surface area contributed by atoms with Crippen LogP contribution in [0.25, 0.3) is 11.4 Å². The van der Waals surface area contributed by atoms with Crippen molar-refractivity contribution >= 4 is 5.91 Å². The molecule has 0 spiro atoms. The molecule has 0 aliphatic heterocycles. The summed E-state index contributed by atoms with van der Waals surface area (Å²) in [6, 6.07) is 9.17. The van der Waals surface area contributed by atoms with Crippen LogP contribution in [0.1, 0.15) is 40.6 Å². The predicted molar refractivity (Wildman–Crippen MR) is 88.3 cm³/mol. The molecule has 1 N–H and O–H groups in total. The summed E-state index contributed by atoms with van der Waals surface area (Å²) in [6.07, 6.45) is 0. The summed E-state index contributed by atoms with van der Waals surface area (Å²) < 4.78 is 6.84. The van der Waals surface area contributed by atoms with E-state index in [-0.39, 0.29) is 5.91 Å². The largest absolute Gasteiger partial charge is 0.339 e. The zero-order valence-electron chi connectivity index (χ0n) is 14.1. The summed E-state index contributed by atoms with van der Waals surface area (Å²) in [7, 11) is 1.73. The number of benzene rings is 1. The van der Waals surface area contributed by atoms with Gasteiger partial charge in [0.25, 0.3) is 5.91 Å². The molecule has 3 rings (SSSR count). The normalized spacial score (nSPS) is 12.2. The van der Waals surface area contributed by atoms with E-state index in [1.807, 2.05) is 38.1 Å². The molecule has 24 heavy (non-hydrogen) atoms. The molecule has 0 saturated carbocycles. The number of aromatic nitrogens is 4. The van der Waals surface area contributed by atoms with Crippen LogP contribution in [-0.2, 0) is 7.05 Å². The molecule has 2 aromatic heterocycles. The number of aryl methyl sites for hydroxylation is 3. The standard InChI is InChI=1S/C17H19N5O2/c1-10-6-5-7-13(8-10)15-19-17(24-21-15)12(3)18-16(23)14-9-11(2)20-22(14)4/h5-9,12H,1-4H3,(H,18,23)/t12-/m1/s1. The molecule has 1 aromatic carbocycles. The lowest BCUT2D eigenvalue weighted by molar-refractivity contribution is 0.0923. The van der Waals surface area contributed by atoms with E-state index in [4.69, 9.17) is 4.52 Å². The molecule has 0 radical (unpaired) electrons. The minimum absolute atomic E-state index is 0.235. The van der Waals surface area contributed by atoms with Crippen LogP contribution in [0.4, 0.5) is 0 Å². The van der Waals surface area contributed by atoms with Gasteiger partial charge in [0, 0.05) is 12.6 Å². The minimum atomic E-state index is -0.404. The van der Waals surface area contributed by atoms with Gasteiger partial charge in [-0.25, -0.2) is 0 Å². The van der Waals surface area contributed by atoms with Crippen molar-refractivity contribution in [2.45, 2.75) is 26.8 Å². The maximum absolute atomic E-state index is 12.3. The van der Waals surface area contributed by atoms with E-state index in [0.717, 1.165) is 16.8 Å². The summed E-state index contributed by atoms with van der Waals surface area (Å²) in [6.45, 7) is 5.64. The SMILES string of the molecule is Cc1cccc(-c2noc([C@@H](C)NC(=O)c3cc(C)nn3C)n2)c1. The first-order valence-corrected chi connectivity index (χ1v) is 7.66. The Kier molecular flexibility index (Phi) is 4.16. The van der Waals surface area contributed by atoms with E-state index >= 15 is 0 Å². The second kappa shape index (κ2) is 6.27.